The fourth-order valence-electron chi connectivity index (χ4n) is 9.44. The van der Waals surface area contributed by atoms with E-state index in [1.54, 1.807) is 0 Å². The molecular weight excluding hydrogens is 1210 g/mol. The van der Waals surface area contributed by atoms with Crippen LogP contribution in [-0.2, 0) is 61.6 Å². The lowest BCUT2D eigenvalue weighted by Crippen LogP contribution is -2.48. The van der Waals surface area contributed by atoms with Crippen LogP contribution in [0.1, 0.15) is 305 Å². The molecule has 0 aromatic heterocycles. The van der Waals surface area contributed by atoms with E-state index in [1.165, 1.54) is 70.9 Å². The zero-order valence-corrected chi connectivity index (χ0v) is 68.7. The van der Waals surface area contributed by atoms with Crippen molar-refractivity contribution in [3.8, 4) is 0 Å². The van der Waals surface area contributed by atoms with E-state index in [-0.39, 0.29) is 56.5 Å². The number of likely N-dealkylation sites (tertiary alicyclic amines) is 1. The standard InChI is InChI=1S/C10H21NO.5C8H16O2.2C8H16O.C7H14O2.C7H14/c1-10(2,3)12-9-8-11-6-4-5-7-11;1-8(2,3)10-6-7-4-9-5-7;1-8(2,3)10-7-4-6(9)5-7;1-6-7(5-9-6)10-8(2,3)4;1-8(2,3)10-7-4-5-9-6-7;1-7(2,3)10-6-8(9)4-5-8;1-8(2,3)9-6-7-4-5-7;1-8(2,3)9-7-5-4-6-7;1-7(2,3)9-6-4-8-5-6;1-7(2,3)6-4-5-6/h4-9H2,1-3H3;7H,4-6H2,1-3H3;6-7,9H,4-5H2,1-3H3;6-7H,5H2,1-4H3;7H,4-6H2,1-3H3;9H,4-6H2,1-3H3;2*7H,4-6H2,1-3H3;6H,4-5H2,1-3H3;6H,4-5H2,1-3H3. The second-order valence-corrected chi connectivity index (χ2v) is 38.6. The zero-order chi connectivity index (χ0) is 73.8. The second-order valence-electron chi connectivity index (χ2n) is 38.6. The average molecular weight is 1380 g/mol. The van der Waals surface area contributed by atoms with Crippen molar-refractivity contribution in [1.82, 2.24) is 4.90 Å². The van der Waals surface area contributed by atoms with Crippen LogP contribution in [0, 0.1) is 23.2 Å². The van der Waals surface area contributed by atoms with Crippen LogP contribution in [0.25, 0.3) is 0 Å². The molecule has 96 heavy (non-hydrogen) atoms. The van der Waals surface area contributed by atoms with Crippen molar-refractivity contribution in [3.63, 3.8) is 0 Å². The van der Waals surface area contributed by atoms with E-state index in [0.717, 1.165) is 117 Å². The molecule has 576 valence electrons. The first-order chi connectivity index (χ1) is 43.5. The van der Waals surface area contributed by atoms with Gasteiger partial charge in [-0.1, -0.05) is 20.8 Å². The molecule has 5 saturated heterocycles. The van der Waals surface area contributed by atoms with Crippen LogP contribution in [0.5, 0.6) is 0 Å². The van der Waals surface area contributed by atoms with Crippen molar-refractivity contribution in [2.75, 3.05) is 92.3 Å². The third-order valence-electron chi connectivity index (χ3n) is 15.7. The highest BCUT2D eigenvalue weighted by molar-refractivity contribution is 4.93. The van der Waals surface area contributed by atoms with Gasteiger partial charge in [-0.3, -0.25) is 0 Å². The average Bonchev–Trinajstić information content (AvgIpc) is 1.86. The van der Waals surface area contributed by atoms with Gasteiger partial charge in [0.1, 0.15) is 12.2 Å². The maximum Gasteiger partial charge on any atom is 0.107 e. The summed E-state index contributed by atoms with van der Waals surface area (Å²) >= 11 is 0. The van der Waals surface area contributed by atoms with Crippen LogP contribution in [0.15, 0.2) is 0 Å². The molecule has 0 spiro atoms. The topological polar surface area (TPSA) is 164 Å². The van der Waals surface area contributed by atoms with Crippen molar-refractivity contribution < 1.29 is 71.8 Å². The first-order valence-corrected chi connectivity index (χ1v) is 37.9. The van der Waals surface area contributed by atoms with E-state index in [0.29, 0.717) is 54.6 Å². The summed E-state index contributed by atoms with van der Waals surface area (Å²) in [6.07, 6.45) is 18.9. The highest BCUT2D eigenvalue weighted by atomic mass is 16.6. The molecular formula is C80H161NO15. The highest BCUT2D eigenvalue weighted by Crippen LogP contribution is 2.44. The molecule has 0 aromatic rings. The van der Waals surface area contributed by atoms with Gasteiger partial charge in [0.2, 0.25) is 0 Å². The van der Waals surface area contributed by atoms with E-state index >= 15 is 0 Å². The molecule has 10 fully saturated rings. The molecule has 5 aliphatic carbocycles. The smallest absolute Gasteiger partial charge is 0.107 e. The molecule has 3 atom stereocenters. The van der Waals surface area contributed by atoms with Gasteiger partial charge < -0.3 is 76.7 Å². The Kier molecular flexibility index (Phi) is 41.2. The third kappa shape index (κ3) is 58.8. The van der Waals surface area contributed by atoms with Gasteiger partial charge >= 0.3 is 0 Å². The first kappa shape index (κ1) is 93.4. The van der Waals surface area contributed by atoms with Gasteiger partial charge in [-0.25, -0.2) is 0 Å². The number of ether oxygens (including phenoxy) is 13. The van der Waals surface area contributed by atoms with E-state index < -0.39 is 5.60 Å². The molecule has 5 heterocycles. The number of nitrogens with zero attached hydrogens (tertiary/aromatic N) is 1. The Balaban J connectivity index is 0.000000534. The Bertz CT molecular complexity index is 1880. The lowest BCUT2D eigenvalue weighted by Gasteiger charge is -2.38. The maximum atomic E-state index is 9.37. The molecule has 3 unspecified atom stereocenters. The SMILES string of the molecule is CC(C)(C)C1CC1.CC(C)(C)OC1CC(O)C1.CC(C)(C)OC1CCC1.CC(C)(C)OC1CCOC1.CC(C)(C)OC1COC1.CC(C)(C)OCC1(O)CC1.CC(C)(C)OCC1CC1.CC(C)(C)OCC1COC1.CC(C)(C)OCCN1CCCC1.CC1OCC1OC(C)(C)C. The fraction of sp³-hybridized carbons (Fsp3) is 1.00. The van der Waals surface area contributed by atoms with Crippen molar-refractivity contribution in [3.05, 3.63) is 0 Å². The van der Waals surface area contributed by atoms with Crippen molar-refractivity contribution in [2.45, 2.75) is 403 Å². The molecule has 0 amide bonds. The lowest BCUT2D eigenvalue weighted by atomic mass is 9.91. The molecule has 5 aliphatic heterocycles. The van der Waals surface area contributed by atoms with E-state index in [4.69, 9.17) is 66.7 Å². The van der Waals surface area contributed by atoms with Crippen LogP contribution in [-0.4, -0.2) is 206 Å². The number of hydrogen-bond donors (Lipinski definition) is 2. The summed E-state index contributed by atoms with van der Waals surface area (Å²) in [5, 5.41) is 18.3. The molecule has 10 rings (SSSR count). The summed E-state index contributed by atoms with van der Waals surface area (Å²) in [7, 11) is 0. The summed E-state index contributed by atoms with van der Waals surface area (Å²) in [5.41, 5.74) is 0.120. The van der Waals surface area contributed by atoms with Crippen molar-refractivity contribution >= 4 is 0 Å². The van der Waals surface area contributed by atoms with Crippen molar-refractivity contribution in [1.29, 1.82) is 0 Å². The number of aliphatic hydroxyl groups is 2. The quantitative estimate of drug-likeness (QED) is 0.169. The van der Waals surface area contributed by atoms with Gasteiger partial charge in [0, 0.05) is 19.1 Å². The first-order valence-electron chi connectivity index (χ1n) is 37.9. The Morgan fingerprint density at radius 1 is 0.406 bits per heavy atom. The molecule has 2 N–H and O–H groups in total. The van der Waals surface area contributed by atoms with Gasteiger partial charge in [0.05, 0.1) is 153 Å². The summed E-state index contributed by atoms with van der Waals surface area (Å²) in [6.45, 7) is 77.5. The van der Waals surface area contributed by atoms with Crippen LogP contribution in [0.3, 0.4) is 0 Å². The van der Waals surface area contributed by atoms with Gasteiger partial charge in [0.15, 0.2) is 0 Å². The Labute approximate surface area is 592 Å². The van der Waals surface area contributed by atoms with Gasteiger partial charge in [-0.05, 0) is 314 Å². The maximum absolute atomic E-state index is 9.37. The highest BCUT2D eigenvalue weighted by Gasteiger charge is 2.42. The zero-order valence-electron chi connectivity index (χ0n) is 68.7. The summed E-state index contributed by atoms with van der Waals surface area (Å²) in [6, 6.07) is 0. The van der Waals surface area contributed by atoms with Gasteiger partial charge in [-0.2, -0.15) is 0 Å². The van der Waals surface area contributed by atoms with Crippen LogP contribution in [0.4, 0.5) is 0 Å². The minimum absolute atomic E-state index is 0.00551. The normalized spacial score (nSPS) is 24.5. The van der Waals surface area contributed by atoms with Crippen LogP contribution in [0.2, 0.25) is 0 Å². The Morgan fingerprint density at radius 3 is 1.07 bits per heavy atom. The largest absolute Gasteiger partial charge is 0.393 e. The minimum Gasteiger partial charge on any atom is -0.393 e. The van der Waals surface area contributed by atoms with E-state index in [1.807, 2.05) is 48.5 Å². The van der Waals surface area contributed by atoms with Gasteiger partial charge in [0.25, 0.3) is 0 Å². The molecule has 0 bridgehead atoms. The minimum atomic E-state index is -0.465. The van der Waals surface area contributed by atoms with Crippen LogP contribution < -0.4 is 0 Å². The Morgan fingerprint density at radius 2 is 0.823 bits per heavy atom. The monoisotopic (exact) mass is 1380 g/mol. The Hall–Kier alpha value is -0.640. The number of hydrogen-bond acceptors (Lipinski definition) is 16. The lowest BCUT2D eigenvalue weighted by molar-refractivity contribution is -0.216. The molecule has 5 saturated carbocycles. The summed E-state index contributed by atoms with van der Waals surface area (Å²) in [5.74, 6) is 2.59. The number of rotatable bonds is 14. The predicted molar refractivity (Wildman–Crippen MR) is 396 cm³/mol. The molecule has 0 aromatic carbocycles. The van der Waals surface area contributed by atoms with E-state index in [2.05, 4.69) is 171 Å². The van der Waals surface area contributed by atoms with Crippen molar-refractivity contribution in [2.24, 2.45) is 23.2 Å². The molecule has 10 aliphatic rings. The molecule has 0 radical (unpaired) electrons. The third-order valence-corrected chi connectivity index (χ3v) is 15.7. The fourth-order valence-corrected chi connectivity index (χ4v) is 9.44. The van der Waals surface area contributed by atoms with Gasteiger partial charge in [-0.15, -0.1) is 0 Å². The number of aliphatic hydroxyl groups excluding tert-OH is 1. The summed E-state index contributed by atoms with van der Waals surface area (Å²) in [4.78, 5) is 2.48. The molecule has 16 heteroatoms. The predicted octanol–water partition coefficient (Wildman–Crippen LogP) is 17.4. The molecule has 16 nitrogen and oxygen atoms in total. The van der Waals surface area contributed by atoms with Crippen LogP contribution >= 0.6 is 0 Å². The van der Waals surface area contributed by atoms with E-state index in [9.17, 15) is 5.11 Å². The summed E-state index contributed by atoms with van der Waals surface area (Å²) < 4.78 is 70.6. The second kappa shape index (κ2) is 42.3.